The van der Waals surface area contributed by atoms with Gasteiger partial charge in [0.1, 0.15) is 17.1 Å². The molecule has 1 heterocycles. The number of fused-ring (bicyclic) bond motifs is 1. The van der Waals surface area contributed by atoms with E-state index in [1.165, 1.54) is 6.07 Å². The molecule has 1 atom stereocenters. The minimum absolute atomic E-state index is 0.0532. The third kappa shape index (κ3) is 1.97. The maximum atomic E-state index is 11.3. The van der Waals surface area contributed by atoms with Crippen LogP contribution >= 0.6 is 0 Å². The third-order valence-corrected chi connectivity index (χ3v) is 2.58. The first-order valence-corrected chi connectivity index (χ1v) is 5.20. The van der Waals surface area contributed by atoms with Crippen LogP contribution in [0.25, 0.3) is 11.0 Å². The number of hydrogen-bond donors (Lipinski definition) is 3. The predicted octanol–water partition coefficient (Wildman–Crippen LogP) is 1.65. The van der Waals surface area contributed by atoms with Crippen LogP contribution in [0.15, 0.2) is 27.4 Å². The van der Waals surface area contributed by atoms with E-state index in [-0.39, 0.29) is 22.5 Å². The van der Waals surface area contributed by atoms with Crippen LogP contribution in [0.4, 0.5) is 0 Å². The number of aromatic hydroxyl groups is 2. The molecule has 5 nitrogen and oxygen atoms in total. The van der Waals surface area contributed by atoms with Gasteiger partial charge in [0, 0.05) is 23.8 Å². The second-order valence-corrected chi connectivity index (χ2v) is 3.78. The monoisotopic (exact) mass is 236 g/mol. The van der Waals surface area contributed by atoms with Gasteiger partial charge in [-0.25, -0.2) is 4.79 Å². The normalized spacial score (nSPS) is 12.8. The second-order valence-electron chi connectivity index (χ2n) is 3.78. The van der Waals surface area contributed by atoms with Crippen LogP contribution in [0.1, 0.15) is 25.0 Å². The lowest BCUT2D eigenvalue weighted by atomic mass is 10.0. The van der Waals surface area contributed by atoms with Crippen LogP contribution in [0.5, 0.6) is 11.5 Å². The summed E-state index contributed by atoms with van der Waals surface area (Å²) in [5.74, 6) is -0.437. The van der Waals surface area contributed by atoms with Crippen LogP contribution in [0.2, 0.25) is 0 Å². The quantitative estimate of drug-likeness (QED) is 0.689. The molecule has 0 bridgehead atoms. The summed E-state index contributed by atoms with van der Waals surface area (Å²) in [6.07, 6.45) is -0.462. The molecule has 3 N–H and O–H groups in total. The molecule has 5 heteroatoms. The molecule has 0 saturated heterocycles. The number of phenols is 2. The molecule has 1 aromatic carbocycles. The van der Waals surface area contributed by atoms with Gasteiger partial charge in [-0.05, 0) is 6.42 Å². The number of aliphatic hydroxyl groups excluding tert-OH is 1. The molecule has 90 valence electrons. The maximum absolute atomic E-state index is 11.3. The van der Waals surface area contributed by atoms with Crippen LogP contribution < -0.4 is 5.63 Å². The van der Waals surface area contributed by atoms with Gasteiger partial charge in [-0.2, -0.15) is 0 Å². The van der Waals surface area contributed by atoms with Gasteiger partial charge in [0.25, 0.3) is 0 Å². The van der Waals surface area contributed by atoms with Crippen molar-refractivity contribution in [3.63, 3.8) is 0 Å². The van der Waals surface area contributed by atoms with Crippen LogP contribution in [0.3, 0.4) is 0 Å². The lowest BCUT2D eigenvalue weighted by Crippen LogP contribution is -2.04. The number of aliphatic hydroxyl groups is 1. The first-order valence-electron chi connectivity index (χ1n) is 5.20. The van der Waals surface area contributed by atoms with Gasteiger partial charge < -0.3 is 19.7 Å². The highest BCUT2D eigenvalue weighted by molar-refractivity contribution is 5.88. The summed E-state index contributed by atoms with van der Waals surface area (Å²) in [7, 11) is 0. The van der Waals surface area contributed by atoms with Crippen LogP contribution in [-0.2, 0) is 0 Å². The van der Waals surface area contributed by atoms with E-state index in [1.807, 2.05) is 0 Å². The van der Waals surface area contributed by atoms with Gasteiger partial charge in [0.05, 0.1) is 11.5 Å². The van der Waals surface area contributed by atoms with Crippen molar-refractivity contribution < 1.29 is 19.7 Å². The Labute approximate surface area is 96.6 Å². The predicted molar refractivity (Wildman–Crippen MR) is 61.1 cm³/mol. The summed E-state index contributed by atoms with van der Waals surface area (Å²) in [6, 6.07) is 3.50. The zero-order valence-corrected chi connectivity index (χ0v) is 9.17. The van der Waals surface area contributed by atoms with Gasteiger partial charge in [-0.3, -0.25) is 0 Å². The Kier molecular flexibility index (Phi) is 2.77. The van der Waals surface area contributed by atoms with Crippen LogP contribution in [-0.4, -0.2) is 15.3 Å². The molecule has 0 aliphatic carbocycles. The molecule has 0 saturated carbocycles. The summed E-state index contributed by atoms with van der Waals surface area (Å²) in [4.78, 5) is 11.3. The van der Waals surface area contributed by atoms with E-state index in [4.69, 9.17) is 4.42 Å². The van der Waals surface area contributed by atoms with Gasteiger partial charge in [-0.15, -0.1) is 0 Å². The summed E-state index contributed by atoms with van der Waals surface area (Å²) in [5, 5.41) is 29.1. The number of rotatable bonds is 2. The van der Waals surface area contributed by atoms with Gasteiger partial charge in [-0.1, -0.05) is 6.92 Å². The van der Waals surface area contributed by atoms with Crippen molar-refractivity contribution in [2.24, 2.45) is 0 Å². The molecule has 17 heavy (non-hydrogen) atoms. The van der Waals surface area contributed by atoms with E-state index < -0.39 is 11.7 Å². The number of phenolic OH excluding ortho intramolecular Hbond substituents is 2. The Morgan fingerprint density at radius 2 is 2.00 bits per heavy atom. The molecular weight excluding hydrogens is 224 g/mol. The zero-order valence-electron chi connectivity index (χ0n) is 9.17. The zero-order chi connectivity index (χ0) is 12.6. The van der Waals surface area contributed by atoms with Gasteiger partial charge in [0.15, 0.2) is 0 Å². The molecule has 0 radical (unpaired) electrons. The number of benzene rings is 1. The van der Waals surface area contributed by atoms with E-state index in [1.54, 1.807) is 6.92 Å². The van der Waals surface area contributed by atoms with Crippen molar-refractivity contribution >= 4 is 11.0 Å². The highest BCUT2D eigenvalue weighted by atomic mass is 16.4. The van der Waals surface area contributed by atoms with Crippen molar-refractivity contribution in [1.82, 2.24) is 0 Å². The second kappa shape index (κ2) is 4.10. The molecule has 0 aliphatic rings. The molecule has 0 amide bonds. The molecular formula is C12H12O5. The Hall–Kier alpha value is -2.01. The first kappa shape index (κ1) is 11.5. The minimum Gasteiger partial charge on any atom is -0.508 e. The summed E-state index contributed by atoms with van der Waals surface area (Å²) >= 11 is 0. The molecule has 0 fully saturated rings. The van der Waals surface area contributed by atoms with Gasteiger partial charge in [0.2, 0.25) is 0 Å². The highest BCUT2D eigenvalue weighted by Crippen LogP contribution is 2.34. The molecule has 2 aromatic rings. The minimum atomic E-state index is -0.864. The topological polar surface area (TPSA) is 90.9 Å². The first-order chi connectivity index (χ1) is 8.02. The fourth-order valence-corrected chi connectivity index (χ4v) is 1.78. The van der Waals surface area contributed by atoms with E-state index in [0.29, 0.717) is 12.0 Å². The third-order valence-electron chi connectivity index (χ3n) is 2.58. The summed E-state index contributed by atoms with van der Waals surface area (Å²) < 4.78 is 4.87. The average molecular weight is 236 g/mol. The molecule has 1 aromatic heterocycles. The lowest BCUT2D eigenvalue weighted by Gasteiger charge is -2.11. The fourth-order valence-electron chi connectivity index (χ4n) is 1.78. The van der Waals surface area contributed by atoms with Crippen molar-refractivity contribution in [2.45, 2.75) is 19.4 Å². The standard InChI is InChI=1S/C12H12O5/c1-2-8(14)7-5-11(16)17-10-4-6(13)3-9(15)12(7)10/h3-5,8,13-15H,2H2,1H3. The van der Waals surface area contributed by atoms with E-state index in [0.717, 1.165) is 12.1 Å². The Morgan fingerprint density at radius 1 is 1.29 bits per heavy atom. The Morgan fingerprint density at radius 3 is 2.65 bits per heavy atom. The van der Waals surface area contributed by atoms with Gasteiger partial charge >= 0.3 is 5.63 Å². The largest absolute Gasteiger partial charge is 0.508 e. The maximum Gasteiger partial charge on any atom is 0.336 e. The molecule has 1 unspecified atom stereocenters. The molecule has 2 rings (SSSR count). The smallest absolute Gasteiger partial charge is 0.336 e. The highest BCUT2D eigenvalue weighted by Gasteiger charge is 2.16. The SMILES string of the molecule is CCC(O)c1cc(=O)oc2cc(O)cc(O)c12. The summed E-state index contributed by atoms with van der Waals surface area (Å²) in [6.45, 7) is 1.75. The fraction of sp³-hybridized carbons (Fsp3) is 0.250. The van der Waals surface area contributed by atoms with Crippen LogP contribution in [0, 0.1) is 0 Å². The molecule has 0 spiro atoms. The van der Waals surface area contributed by atoms with Crippen molar-refractivity contribution in [2.75, 3.05) is 0 Å². The Bertz CT molecular complexity index is 614. The summed E-state index contributed by atoms with van der Waals surface area (Å²) in [5.41, 5.74) is -0.279. The molecule has 0 aliphatic heterocycles. The van der Waals surface area contributed by atoms with E-state index >= 15 is 0 Å². The van der Waals surface area contributed by atoms with Crippen molar-refractivity contribution in [3.8, 4) is 11.5 Å². The lowest BCUT2D eigenvalue weighted by molar-refractivity contribution is 0.174. The number of hydrogen-bond acceptors (Lipinski definition) is 5. The van der Waals surface area contributed by atoms with E-state index in [9.17, 15) is 20.1 Å². The average Bonchev–Trinajstić information content (AvgIpc) is 2.25. The van der Waals surface area contributed by atoms with Crippen molar-refractivity contribution in [1.29, 1.82) is 0 Å². The Balaban J connectivity index is 2.87. The van der Waals surface area contributed by atoms with E-state index in [2.05, 4.69) is 0 Å². The van der Waals surface area contributed by atoms with Crippen molar-refractivity contribution in [3.05, 3.63) is 34.2 Å².